The molecule has 0 saturated carbocycles. The first kappa shape index (κ1) is 17.0. The molecule has 0 saturated heterocycles. The van der Waals surface area contributed by atoms with Gasteiger partial charge >= 0.3 is 0 Å². The first-order chi connectivity index (χ1) is 10.8. The predicted molar refractivity (Wildman–Crippen MR) is 86.7 cm³/mol. The highest BCUT2D eigenvalue weighted by atomic mass is 32.2. The van der Waals surface area contributed by atoms with Gasteiger partial charge in [0, 0.05) is 12.1 Å². The van der Waals surface area contributed by atoms with Gasteiger partial charge in [-0.2, -0.15) is 0 Å². The predicted octanol–water partition coefficient (Wildman–Crippen LogP) is 1.58. The number of aryl methyl sites for hydroxylation is 1. The fourth-order valence-electron chi connectivity index (χ4n) is 2.11. The minimum absolute atomic E-state index is 0.0495. The van der Waals surface area contributed by atoms with Crippen LogP contribution in [0.3, 0.4) is 0 Å². The third kappa shape index (κ3) is 4.30. The summed E-state index contributed by atoms with van der Waals surface area (Å²) in [7, 11) is -2.29. The molecule has 0 bridgehead atoms. The highest BCUT2D eigenvalue weighted by molar-refractivity contribution is 7.89. The van der Waals surface area contributed by atoms with Crippen LogP contribution in [0.1, 0.15) is 21.5 Å². The highest BCUT2D eigenvalue weighted by Crippen LogP contribution is 2.16. The van der Waals surface area contributed by atoms with Crippen molar-refractivity contribution in [1.82, 2.24) is 5.32 Å². The number of amides is 1. The molecule has 0 aliphatic heterocycles. The summed E-state index contributed by atoms with van der Waals surface area (Å²) in [5, 5.41) is 7.88. The van der Waals surface area contributed by atoms with E-state index in [0.717, 1.165) is 5.56 Å². The molecule has 3 N–H and O–H groups in total. The SMILES string of the molecule is COc1cccc(CNC(=O)c2ccc(C)c(S(N)(=O)=O)c2)c1. The molecule has 0 radical (unpaired) electrons. The lowest BCUT2D eigenvalue weighted by Crippen LogP contribution is -2.23. The molecule has 23 heavy (non-hydrogen) atoms. The van der Waals surface area contributed by atoms with Crippen LogP contribution in [0.25, 0.3) is 0 Å². The van der Waals surface area contributed by atoms with Gasteiger partial charge in [-0.05, 0) is 42.3 Å². The van der Waals surface area contributed by atoms with Crippen molar-refractivity contribution >= 4 is 15.9 Å². The molecule has 0 spiro atoms. The molecular weight excluding hydrogens is 316 g/mol. The summed E-state index contributed by atoms with van der Waals surface area (Å²) in [5.74, 6) is 0.321. The number of nitrogens with two attached hydrogens (primary N) is 1. The lowest BCUT2D eigenvalue weighted by molar-refractivity contribution is 0.0950. The van der Waals surface area contributed by atoms with Crippen LogP contribution in [-0.2, 0) is 16.6 Å². The van der Waals surface area contributed by atoms with Crippen LogP contribution < -0.4 is 15.2 Å². The number of rotatable bonds is 5. The molecule has 0 aliphatic rings. The van der Waals surface area contributed by atoms with Crippen molar-refractivity contribution in [2.24, 2.45) is 5.14 Å². The Balaban J connectivity index is 2.15. The molecule has 0 unspecified atom stereocenters. The number of sulfonamides is 1. The first-order valence-corrected chi connectivity index (χ1v) is 8.40. The number of carbonyl (C=O) groups is 1. The van der Waals surface area contributed by atoms with Crippen LogP contribution >= 0.6 is 0 Å². The fraction of sp³-hybridized carbons (Fsp3) is 0.188. The third-order valence-corrected chi connectivity index (χ3v) is 4.40. The Kier molecular flexibility index (Phi) is 5.02. The lowest BCUT2D eigenvalue weighted by atomic mass is 10.1. The van der Waals surface area contributed by atoms with Crippen LogP contribution in [-0.4, -0.2) is 21.4 Å². The Bertz CT molecular complexity index is 832. The molecule has 1 amide bonds. The Labute approximate surface area is 135 Å². The zero-order valence-corrected chi connectivity index (χ0v) is 13.7. The van der Waals surface area contributed by atoms with Crippen molar-refractivity contribution in [1.29, 1.82) is 0 Å². The van der Waals surface area contributed by atoms with E-state index in [1.807, 2.05) is 24.3 Å². The summed E-state index contributed by atoms with van der Waals surface area (Å²) >= 11 is 0. The molecule has 0 heterocycles. The second-order valence-electron chi connectivity index (χ2n) is 5.06. The maximum atomic E-state index is 12.2. The zero-order valence-electron chi connectivity index (χ0n) is 12.9. The number of primary sulfonamides is 1. The summed E-state index contributed by atoms with van der Waals surface area (Å²) in [5.41, 5.74) is 1.61. The maximum absolute atomic E-state index is 12.2. The van der Waals surface area contributed by atoms with Gasteiger partial charge in [0.1, 0.15) is 5.75 Å². The zero-order chi connectivity index (χ0) is 17.0. The van der Waals surface area contributed by atoms with Crippen LogP contribution in [0.15, 0.2) is 47.4 Å². The van der Waals surface area contributed by atoms with Gasteiger partial charge in [0.25, 0.3) is 5.91 Å². The van der Waals surface area contributed by atoms with E-state index in [4.69, 9.17) is 9.88 Å². The molecule has 0 aliphatic carbocycles. The Morgan fingerprint density at radius 1 is 1.22 bits per heavy atom. The second-order valence-corrected chi connectivity index (χ2v) is 6.59. The maximum Gasteiger partial charge on any atom is 0.251 e. The van der Waals surface area contributed by atoms with E-state index in [2.05, 4.69) is 5.32 Å². The number of hydrogen-bond acceptors (Lipinski definition) is 4. The van der Waals surface area contributed by atoms with Crippen LogP contribution in [0.5, 0.6) is 5.75 Å². The average Bonchev–Trinajstić information content (AvgIpc) is 2.52. The summed E-state index contributed by atoms with van der Waals surface area (Å²) in [6.07, 6.45) is 0. The van der Waals surface area contributed by atoms with Crippen molar-refractivity contribution < 1.29 is 17.9 Å². The molecule has 122 valence electrons. The molecular formula is C16H18N2O4S. The van der Waals surface area contributed by atoms with E-state index in [-0.39, 0.29) is 16.4 Å². The molecule has 6 nitrogen and oxygen atoms in total. The highest BCUT2D eigenvalue weighted by Gasteiger charge is 2.15. The Morgan fingerprint density at radius 3 is 2.61 bits per heavy atom. The molecule has 7 heteroatoms. The number of nitrogens with one attached hydrogen (secondary N) is 1. The van der Waals surface area contributed by atoms with Gasteiger partial charge in [-0.25, -0.2) is 13.6 Å². The van der Waals surface area contributed by atoms with Gasteiger partial charge < -0.3 is 10.1 Å². The minimum Gasteiger partial charge on any atom is -0.497 e. The molecule has 0 aromatic heterocycles. The van der Waals surface area contributed by atoms with Gasteiger partial charge in [-0.1, -0.05) is 18.2 Å². The average molecular weight is 334 g/mol. The van der Waals surface area contributed by atoms with E-state index >= 15 is 0 Å². The standard InChI is InChI=1S/C16H18N2O4S/c1-11-6-7-13(9-15(11)23(17,20)21)16(19)18-10-12-4-3-5-14(8-12)22-2/h3-9H,10H2,1-2H3,(H,18,19)(H2,17,20,21). The van der Waals surface area contributed by atoms with Crippen LogP contribution in [0.2, 0.25) is 0 Å². The second kappa shape index (κ2) is 6.80. The van der Waals surface area contributed by atoms with Crippen molar-refractivity contribution in [2.75, 3.05) is 7.11 Å². The van der Waals surface area contributed by atoms with Crippen molar-refractivity contribution in [3.63, 3.8) is 0 Å². The van der Waals surface area contributed by atoms with Gasteiger partial charge in [-0.3, -0.25) is 4.79 Å². The van der Waals surface area contributed by atoms with E-state index < -0.39 is 10.0 Å². The quantitative estimate of drug-likeness (QED) is 0.867. The summed E-state index contributed by atoms with van der Waals surface area (Å²) in [6.45, 7) is 1.92. The van der Waals surface area contributed by atoms with E-state index in [9.17, 15) is 13.2 Å². The Morgan fingerprint density at radius 2 is 1.96 bits per heavy atom. The molecule has 0 fully saturated rings. The number of benzene rings is 2. The van der Waals surface area contributed by atoms with Crippen molar-refractivity contribution in [3.05, 3.63) is 59.2 Å². The lowest BCUT2D eigenvalue weighted by Gasteiger charge is -2.09. The van der Waals surface area contributed by atoms with E-state index in [1.165, 1.54) is 6.07 Å². The van der Waals surface area contributed by atoms with Crippen LogP contribution in [0, 0.1) is 6.92 Å². The van der Waals surface area contributed by atoms with E-state index in [1.54, 1.807) is 26.2 Å². The van der Waals surface area contributed by atoms with Crippen molar-refractivity contribution in [2.45, 2.75) is 18.4 Å². The summed E-state index contributed by atoms with van der Waals surface area (Å²) in [6, 6.07) is 11.7. The number of carbonyl (C=O) groups excluding carboxylic acids is 1. The minimum atomic E-state index is -3.86. The topological polar surface area (TPSA) is 98.5 Å². The summed E-state index contributed by atoms with van der Waals surface area (Å²) in [4.78, 5) is 12.1. The number of methoxy groups -OCH3 is 1. The van der Waals surface area contributed by atoms with Gasteiger partial charge in [-0.15, -0.1) is 0 Å². The molecule has 2 aromatic carbocycles. The van der Waals surface area contributed by atoms with E-state index in [0.29, 0.717) is 17.9 Å². The summed E-state index contributed by atoms with van der Waals surface area (Å²) < 4.78 is 28.1. The molecule has 2 aromatic rings. The Hall–Kier alpha value is -2.38. The smallest absolute Gasteiger partial charge is 0.251 e. The normalized spacial score (nSPS) is 11.1. The number of ether oxygens (including phenoxy) is 1. The third-order valence-electron chi connectivity index (χ3n) is 3.34. The molecule has 2 rings (SSSR count). The monoisotopic (exact) mass is 334 g/mol. The first-order valence-electron chi connectivity index (χ1n) is 6.86. The van der Waals surface area contributed by atoms with Gasteiger partial charge in [0.05, 0.1) is 12.0 Å². The van der Waals surface area contributed by atoms with Crippen LogP contribution in [0.4, 0.5) is 0 Å². The fourth-order valence-corrected chi connectivity index (χ4v) is 2.92. The largest absolute Gasteiger partial charge is 0.497 e. The number of hydrogen-bond donors (Lipinski definition) is 2. The van der Waals surface area contributed by atoms with Gasteiger partial charge in [0.15, 0.2) is 0 Å². The molecule has 0 atom stereocenters. The van der Waals surface area contributed by atoms with Gasteiger partial charge in [0.2, 0.25) is 10.0 Å². The van der Waals surface area contributed by atoms with Crippen molar-refractivity contribution in [3.8, 4) is 5.75 Å².